The maximum absolute atomic E-state index is 11.8. The van der Waals surface area contributed by atoms with Crippen LogP contribution in [0.2, 0.25) is 0 Å². The molecule has 5 heteroatoms. The van der Waals surface area contributed by atoms with Gasteiger partial charge in [0.1, 0.15) is 0 Å². The summed E-state index contributed by atoms with van der Waals surface area (Å²) in [6.45, 7) is 7.03. The van der Waals surface area contributed by atoms with Crippen LogP contribution in [0.5, 0.6) is 0 Å². The van der Waals surface area contributed by atoms with Crippen molar-refractivity contribution in [3.63, 3.8) is 0 Å². The van der Waals surface area contributed by atoms with Crippen molar-refractivity contribution < 1.29 is 4.79 Å². The van der Waals surface area contributed by atoms with Gasteiger partial charge in [0.15, 0.2) is 5.13 Å². The minimum atomic E-state index is 0.0482. The van der Waals surface area contributed by atoms with Crippen LogP contribution in [0, 0.1) is 18.8 Å². The second kappa shape index (κ2) is 7.48. The van der Waals surface area contributed by atoms with Gasteiger partial charge in [-0.2, -0.15) is 0 Å². The van der Waals surface area contributed by atoms with Gasteiger partial charge in [-0.3, -0.25) is 4.79 Å². The molecular formula is C13H23N3OS. The lowest BCUT2D eigenvalue weighted by Gasteiger charge is -2.19. The van der Waals surface area contributed by atoms with Crippen LogP contribution in [0.25, 0.3) is 0 Å². The first-order chi connectivity index (χ1) is 8.52. The molecule has 1 atom stereocenters. The van der Waals surface area contributed by atoms with E-state index in [1.165, 1.54) is 11.3 Å². The van der Waals surface area contributed by atoms with E-state index in [0.717, 1.165) is 17.7 Å². The first-order valence-corrected chi connectivity index (χ1v) is 7.27. The van der Waals surface area contributed by atoms with Gasteiger partial charge in [0.05, 0.1) is 0 Å². The van der Waals surface area contributed by atoms with E-state index >= 15 is 0 Å². The third-order valence-corrected chi connectivity index (χ3v) is 3.92. The number of aryl methyl sites for hydroxylation is 1. The Bertz CT molecular complexity index is 376. The predicted molar refractivity (Wildman–Crippen MR) is 76.7 cm³/mol. The summed E-state index contributed by atoms with van der Waals surface area (Å²) in [5, 5.41) is 3.53. The lowest BCUT2D eigenvalue weighted by molar-refractivity contribution is -0.116. The summed E-state index contributed by atoms with van der Waals surface area (Å²) in [4.78, 5) is 17.0. The molecule has 0 saturated heterocycles. The molecule has 0 radical (unpaired) electrons. The molecule has 4 nitrogen and oxygen atoms in total. The predicted octanol–water partition coefficient (Wildman–Crippen LogP) is 2.79. The van der Waals surface area contributed by atoms with Gasteiger partial charge in [0.25, 0.3) is 0 Å². The van der Waals surface area contributed by atoms with Crippen molar-refractivity contribution in [2.24, 2.45) is 17.6 Å². The lowest BCUT2D eigenvalue weighted by atomic mass is 9.88. The average molecular weight is 269 g/mol. The molecule has 0 saturated carbocycles. The van der Waals surface area contributed by atoms with Crippen molar-refractivity contribution in [3.05, 3.63) is 11.1 Å². The zero-order valence-corrected chi connectivity index (χ0v) is 12.2. The Morgan fingerprint density at radius 2 is 2.22 bits per heavy atom. The van der Waals surface area contributed by atoms with E-state index in [9.17, 15) is 4.79 Å². The summed E-state index contributed by atoms with van der Waals surface area (Å²) in [6.07, 6.45) is 4.19. The molecule has 0 aromatic carbocycles. The number of hydrogen-bond acceptors (Lipinski definition) is 4. The van der Waals surface area contributed by atoms with Gasteiger partial charge in [-0.05, 0) is 38.1 Å². The van der Waals surface area contributed by atoms with Crippen molar-refractivity contribution >= 4 is 22.4 Å². The Balaban J connectivity index is 2.35. The third kappa shape index (κ3) is 5.14. The molecule has 1 rings (SSSR count). The summed E-state index contributed by atoms with van der Waals surface area (Å²) in [6, 6.07) is 0. The summed E-state index contributed by atoms with van der Waals surface area (Å²) in [7, 11) is 0. The van der Waals surface area contributed by atoms with Crippen molar-refractivity contribution in [1.82, 2.24) is 4.98 Å². The minimum absolute atomic E-state index is 0.0482. The largest absolute Gasteiger partial charge is 0.330 e. The molecule has 1 aromatic rings. The molecule has 0 aliphatic carbocycles. The Morgan fingerprint density at radius 1 is 1.50 bits per heavy atom. The zero-order chi connectivity index (χ0) is 13.5. The van der Waals surface area contributed by atoms with Crippen molar-refractivity contribution in [1.29, 1.82) is 0 Å². The SMILES string of the molecule is Cc1cnc(NC(=O)CCC(CCN)C(C)C)s1. The van der Waals surface area contributed by atoms with Gasteiger partial charge in [0.2, 0.25) is 5.91 Å². The van der Waals surface area contributed by atoms with Gasteiger partial charge >= 0.3 is 0 Å². The number of nitrogens with zero attached hydrogens (tertiary/aromatic N) is 1. The molecular weight excluding hydrogens is 246 g/mol. The Hall–Kier alpha value is -0.940. The Labute approximate surface area is 113 Å². The highest BCUT2D eigenvalue weighted by Crippen LogP contribution is 2.21. The molecule has 0 spiro atoms. The van der Waals surface area contributed by atoms with Gasteiger partial charge < -0.3 is 11.1 Å². The van der Waals surface area contributed by atoms with Crippen LogP contribution in [-0.2, 0) is 4.79 Å². The van der Waals surface area contributed by atoms with E-state index in [1.807, 2.05) is 6.92 Å². The zero-order valence-electron chi connectivity index (χ0n) is 11.4. The first-order valence-electron chi connectivity index (χ1n) is 6.45. The van der Waals surface area contributed by atoms with Crippen LogP contribution in [0.4, 0.5) is 5.13 Å². The number of amides is 1. The molecule has 1 heterocycles. The molecule has 1 aromatic heterocycles. The number of anilines is 1. The molecule has 1 amide bonds. The number of nitrogens with one attached hydrogen (secondary N) is 1. The maximum atomic E-state index is 11.8. The standard InChI is InChI=1S/C13H23N3OS/c1-9(2)11(6-7-14)4-5-12(17)16-13-15-8-10(3)18-13/h8-9,11H,4-7,14H2,1-3H3,(H,15,16,17). The Morgan fingerprint density at radius 3 is 2.72 bits per heavy atom. The molecule has 0 bridgehead atoms. The fourth-order valence-electron chi connectivity index (χ4n) is 1.94. The summed E-state index contributed by atoms with van der Waals surface area (Å²) in [5.41, 5.74) is 5.59. The van der Waals surface area contributed by atoms with Crippen molar-refractivity contribution in [2.45, 2.75) is 40.0 Å². The number of nitrogens with two attached hydrogens (primary N) is 1. The average Bonchev–Trinajstić information content (AvgIpc) is 2.69. The number of hydrogen-bond donors (Lipinski definition) is 2. The number of carbonyl (C=O) groups is 1. The van der Waals surface area contributed by atoms with Crippen LogP contribution >= 0.6 is 11.3 Å². The second-order valence-corrected chi connectivity index (χ2v) is 6.18. The molecule has 102 valence electrons. The summed E-state index contributed by atoms with van der Waals surface area (Å²) < 4.78 is 0. The summed E-state index contributed by atoms with van der Waals surface area (Å²) in [5.74, 6) is 1.15. The monoisotopic (exact) mass is 269 g/mol. The quantitative estimate of drug-likeness (QED) is 0.799. The summed E-state index contributed by atoms with van der Waals surface area (Å²) >= 11 is 1.50. The first kappa shape index (κ1) is 15.1. The van der Waals surface area contributed by atoms with Crippen LogP contribution in [-0.4, -0.2) is 17.4 Å². The number of rotatable bonds is 7. The molecule has 18 heavy (non-hydrogen) atoms. The van der Waals surface area contributed by atoms with Crippen molar-refractivity contribution in [2.75, 3.05) is 11.9 Å². The van der Waals surface area contributed by atoms with Crippen LogP contribution in [0.3, 0.4) is 0 Å². The fraction of sp³-hybridized carbons (Fsp3) is 0.692. The van der Waals surface area contributed by atoms with Gasteiger partial charge in [-0.1, -0.05) is 13.8 Å². The van der Waals surface area contributed by atoms with E-state index in [0.29, 0.717) is 29.9 Å². The van der Waals surface area contributed by atoms with Crippen molar-refractivity contribution in [3.8, 4) is 0 Å². The van der Waals surface area contributed by atoms with E-state index in [2.05, 4.69) is 24.1 Å². The lowest BCUT2D eigenvalue weighted by Crippen LogP contribution is -2.18. The third-order valence-electron chi connectivity index (χ3n) is 3.09. The highest BCUT2D eigenvalue weighted by molar-refractivity contribution is 7.15. The molecule has 1 unspecified atom stereocenters. The number of carbonyl (C=O) groups excluding carboxylic acids is 1. The van der Waals surface area contributed by atoms with Gasteiger partial charge in [-0.15, -0.1) is 11.3 Å². The smallest absolute Gasteiger partial charge is 0.226 e. The molecule has 0 aliphatic heterocycles. The highest BCUT2D eigenvalue weighted by Gasteiger charge is 2.14. The van der Waals surface area contributed by atoms with E-state index < -0.39 is 0 Å². The van der Waals surface area contributed by atoms with E-state index in [1.54, 1.807) is 6.20 Å². The molecule has 0 aliphatic rings. The maximum Gasteiger partial charge on any atom is 0.226 e. The van der Waals surface area contributed by atoms with Crippen LogP contribution in [0.1, 0.15) is 38.0 Å². The van der Waals surface area contributed by atoms with E-state index in [4.69, 9.17) is 5.73 Å². The van der Waals surface area contributed by atoms with E-state index in [-0.39, 0.29) is 5.91 Å². The highest BCUT2D eigenvalue weighted by atomic mass is 32.1. The minimum Gasteiger partial charge on any atom is -0.330 e. The molecule has 0 fully saturated rings. The number of aromatic nitrogens is 1. The normalized spacial score (nSPS) is 12.7. The van der Waals surface area contributed by atoms with Gasteiger partial charge in [-0.25, -0.2) is 4.98 Å². The fourth-order valence-corrected chi connectivity index (χ4v) is 2.62. The van der Waals surface area contributed by atoms with Crippen LogP contribution < -0.4 is 11.1 Å². The Kier molecular flexibility index (Phi) is 6.29. The molecule has 3 N–H and O–H groups in total. The van der Waals surface area contributed by atoms with Gasteiger partial charge in [0, 0.05) is 17.5 Å². The topological polar surface area (TPSA) is 68.0 Å². The second-order valence-electron chi connectivity index (χ2n) is 4.94. The number of thiazole rings is 1. The van der Waals surface area contributed by atoms with Crippen LogP contribution in [0.15, 0.2) is 6.20 Å².